The molecular formula is C42H81NO21. The maximum atomic E-state index is 11.5. The van der Waals surface area contributed by atoms with Gasteiger partial charge in [-0.15, -0.1) is 0 Å². The van der Waals surface area contributed by atoms with E-state index in [2.05, 4.69) is 14.2 Å². The second-order valence-corrected chi connectivity index (χ2v) is 15.7. The highest BCUT2D eigenvalue weighted by Crippen LogP contribution is 2.12. The first-order valence-corrected chi connectivity index (χ1v) is 21.1. The molecule has 0 spiro atoms. The standard InChI is InChI=1S/C19H36O9.C13H27NO7.C10H18O5/c1-19(2,3)28-17(20)6-5-7-23-8-9-24-10-11-25-12-13-26-14-15-27-16-18(21)22-4;1-16-13(15)12-21-11-10-20-9-8-19-7-6-18-5-4-17-3-2-14;1-9(2,3)14-7(11)13-8(12)15-10(4,5)6/h5-16H2,1-4H3;2-12,14H2,1H3;1-6H3. The van der Waals surface area contributed by atoms with E-state index in [0.29, 0.717) is 138 Å². The van der Waals surface area contributed by atoms with Gasteiger partial charge < -0.3 is 81.5 Å². The lowest BCUT2D eigenvalue weighted by Gasteiger charge is -2.20. The van der Waals surface area contributed by atoms with Crippen LogP contribution in [0.5, 0.6) is 0 Å². The molecule has 0 heterocycles. The van der Waals surface area contributed by atoms with Gasteiger partial charge >= 0.3 is 30.2 Å². The number of ether oxygens (including phenoxy) is 16. The first kappa shape index (κ1) is 65.0. The number of rotatable bonds is 34. The van der Waals surface area contributed by atoms with Crippen LogP contribution in [0.4, 0.5) is 9.59 Å². The number of carbonyl (C=O) groups is 5. The summed E-state index contributed by atoms with van der Waals surface area (Å²) in [5, 5.41) is 0. The van der Waals surface area contributed by atoms with Crippen molar-refractivity contribution < 1.29 is 99.8 Å². The Kier molecular flexibility index (Phi) is 44.3. The SMILES string of the molecule is CC(C)(C)OC(=O)OC(=O)OC(C)(C)C.COC(=O)COCCOCCOCCOCCOCCCC(=O)OC(C)(C)C.COC(=O)COCCOCCOCCOCCOCCN. The first-order valence-electron chi connectivity index (χ1n) is 21.1. The topological polar surface area (TPSA) is 259 Å². The highest BCUT2D eigenvalue weighted by atomic mass is 16.8. The van der Waals surface area contributed by atoms with Crippen molar-refractivity contribution >= 4 is 30.2 Å². The highest BCUT2D eigenvalue weighted by molar-refractivity contribution is 5.77. The van der Waals surface area contributed by atoms with E-state index in [1.807, 2.05) is 20.8 Å². The second-order valence-electron chi connectivity index (χ2n) is 15.7. The molecule has 0 saturated heterocycles. The molecule has 0 aliphatic carbocycles. The van der Waals surface area contributed by atoms with Gasteiger partial charge in [-0.3, -0.25) is 4.79 Å². The quantitative estimate of drug-likeness (QED) is 0.0419. The van der Waals surface area contributed by atoms with E-state index >= 15 is 0 Å². The van der Waals surface area contributed by atoms with E-state index in [4.69, 9.17) is 67.3 Å². The van der Waals surface area contributed by atoms with Crippen LogP contribution in [0.15, 0.2) is 0 Å². The van der Waals surface area contributed by atoms with Crippen molar-refractivity contribution in [3.63, 3.8) is 0 Å². The maximum Gasteiger partial charge on any atom is 0.519 e. The molecule has 0 fully saturated rings. The molecule has 2 N–H and O–H groups in total. The first-order chi connectivity index (χ1) is 30.2. The summed E-state index contributed by atoms with van der Waals surface area (Å²) in [6.07, 6.45) is -1.13. The van der Waals surface area contributed by atoms with Gasteiger partial charge in [-0.1, -0.05) is 0 Å². The molecule has 0 radical (unpaired) electrons. The molecule has 0 saturated carbocycles. The molecule has 0 aliphatic rings. The third kappa shape index (κ3) is 60.8. The number of nitrogens with two attached hydrogens (primary N) is 1. The maximum absolute atomic E-state index is 11.5. The van der Waals surface area contributed by atoms with Crippen molar-refractivity contribution in [3.05, 3.63) is 0 Å². The summed E-state index contributed by atoms with van der Waals surface area (Å²) in [6, 6.07) is 0. The van der Waals surface area contributed by atoms with Crippen LogP contribution in [-0.2, 0) is 90.2 Å². The molecule has 0 aromatic carbocycles. The summed E-state index contributed by atoms with van der Waals surface area (Å²) in [7, 11) is 2.63. The molecule has 0 unspecified atom stereocenters. The Bertz CT molecular complexity index is 1110. The number of hydrogen-bond donors (Lipinski definition) is 1. The monoisotopic (exact) mass is 936 g/mol. The van der Waals surface area contributed by atoms with Crippen molar-refractivity contribution in [2.75, 3.05) is 153 Å². The average molecular weight is 936 g/mol. The smallest absolute Gasteiger partial charge is 0.467 e. The fourth-order valence-corrected chi connectivity index (χ4v) is 3.59. The zero-order valence-electron chi connectivity index (χ0n) is 40.4. The van der Waals surface area contributed by atoms with Crippen LogP contribution in [0.25, 0.3) is 0 Å². The summed E-state index contributed by atoms with van der Waals surface area (Å²) >= 11 is 0. The Labute approximate surface area is 380 Å². The van der Waals surface area contributed by atoms with Crippen LogP contribution < -0.4 is 5.73 Å². The van der Waals surface area contributed by atoms with Gasteiger partial charge in [0.25, 0.3) is 0 Å². The molecule has 0 aliphatic heterocycles. The highest BCUT2D eigenvalue weighted by Gasteiger charge is 2.24. The normalized spacial score (nSPS) is 11.3. The van der Waals surface area contributed by atoms with Crippen LogP contribution in [0.2, 0.25) is 0 Å². The zero-order chi connectivity index (χ0) is 49.0. The number of methoxy groups -OCH3 is 2. The lowest BCUT2D eigenvalue weighted by Crippen LogP contribution is -2.29. The third-order valence-corrected chi connectivity index (χ3v) is 6.17. The fraction of sp³-hybridized carbons (Fsp3) is 0.881. The Hall–Kier alpha value is -3.29. The minimum atomic E-state index is -1.06. The van der Waals surface area contributed by atoms with Gasteiger partial charge in [-0.05, 0) is 68.7 Å². The number of carbonyl (C=O) groups excluding carboxylic acids is 5. The summed E-state index contributed by atoms with van der Waals surface area (Å²) in [5.41, 5.74) is 3.43. The van der Waals surface area contributed by atoms with Crippen molar-refractivity contribution in [1.82, 2.24) is 0 Å². The van der Waals surface area contributed by atoms with E-state index in [1.165, 1.54) is 14.2 Å². The predicted molar refractivity (Wildman–Crippen MR) is 230 cm³/mol. The van der Waals surface area contributed by atoms with Crippen molar-refractivity contribution in [1.29, 1.82) is 0 Å². The van der Waals surface area contributed by atoms with Crippen LogP contribution >= 0.6 is 0 Å². The molecule has 0 aromatic rings. The van der Waals surface area contributed by atoms with E-state index in [9.17, 15) is 24.0 Å². The van der Waals surface area contributed by atoms with Crippen LogP contribution in [0.3, 0.4) is 0 Å². The molecule has 0 atom stereocenters. The van der Waals surface area contributed by atoms with Crippen molar-refractivity contribution in [3.8, 4) is 0 Å². The molecule has 380 valence electrons. The predicted octanol–water partition coefficient (Wildman–Crippen LogP) is 3.44. The van der Waals surface area contributed by atoms with Crippen molar-refractivity contribution in [2.24, 2.45) is 5.73 Å². The molecule has 22 heteroatoms. The number of hydrogen-bond acceptors (Lipinski definition) is 22. The summed E-state index contributed by atoms with van der Waals surface area (Å²) in [5.74, 6) is -1.01. The van der Waals surface area contributed by atoms with Crippen LogP contribution in [0.1, 0.15) is 75.2 Å². The zero-order valence-corrected chi connectivity index (χ0v) is 40.4. The Morgan fingerprint density at radius 2 is 0.625 bits per heavy atom. The van der Waals surface area contributed by atoms with E-state index in [0.717, 1.165) is 0 Å². The van der Waals surface area contributed by atoms with Gasteiger partial charge in [0.1, 0.15) is 30.0 Å². The molecule has 0 amide bonds. The minimum Gasteiger partial charge on any atom is -0.467 e. The van der Waals surface area contributed by atoms with Gasteiger partial charge in [0.15, 0.2) is 0 Å². The lowest BCUT2D eigenvalue weighted by molar-refractivity contribution is -0.155. The van der Waals surface area contributed by atoms with E-state index < -0.39 is 41.1 Å². The van der Waals surface area contributed by atoms with Gasteiger partial charge in [0.2, 0.25) is 0 Å². The third-order valence-electron chi connectivity index (χ3n) is 6.17. The summed E-state index contributed by atoms with van der Waals surface area (Å²) in [4.78, 5) is 55.0. The molecule has 22 nitrogen and oxygen atoms in total. The molecule has 64 heavy (non-hydrogen) atoms. The minimum absolute atomic E-state index is 0.0529. The summed E-state index contributed by atoms with van der Waals surface area (Å²) in [6.45, 7) is 24.4. The molecule has 0 bridgehead atoms. The van der Waals surface area contributed by atoms with Gasteiger partial charge in [-0.25, -0.2) is 19.2 Å². The molecule has 0 rings (SSSR count). The molecule has 0 aromatic heterocycles. The van der Waals surface area contributed by atoms with E-state index in [1.54, 1.807) is 41.5 Å². The Morgan fingerprint density at radius 1 is 0.359 bits per heavy atom. The fourth-order valence-electron chi connectivity index (χ4n) is 3.59. The summed E-state index contributed by atoms with van der Waals surface area (Å²) < 4.78 is 80.3. The Balaban J connectivity index is -0.000000916. The largest absolute Gasteiger partial charge is 0.519 e. The lowest BCUT2D eigenvalue weighted by atomic mass is 10.2. The average Bonchev–Trinajstić information content (AvgIpc) is 3.18. The van der Waals surface area contributed by atoms with Crippen LogP contribution in [-0.4, -0.2) is 200 Å². The number of esters is 3. The van der Waals surface area contributed by atoms with Gasteiger partial charge in [0.05, 0.1) is 127 Å². The van der Waals surface area contributed by atoms with Gasteiger partial charge in [-0.2, -0.15) is 0 Å². The van der Waals surface area contributed by atoms with E-state index in [-0.39, 0.29) is 19.2 Å². The molecular weight excluding hydrogens is 854 g/mol. The van der Waals surface area contributed by atoms with Gasteiger partial charge in [0, 0.05) is 19.6 Å². The van der Waals surface area contributed by atoms with Crippen molar-refractivity contribution in [2.45, 2.75) is 92.0 Å². The second kappa shape index (κ2) is 43.6. The van der Waals surface area contributed by atoms with Crippen LogP contribution in [0, 0.1) is 0 Å². The Morgan fingerprint density at radius 3 is 0.891 bits per heavy atom.